The molecule has 0 radical (unpaired) electrons. The van der Waals surface area contributed by atoms with Gasteiger partial charge in [-0.3, -0.25) is 0 Å². The van der Waals surface area contributed by atoms with E-state index in [0.29, 0.717) is 12.5 Å². The Kier molecular flexibility index (Phi) is 3.78. The van der Waals surface area contributed by atoms with Crippen LogP contribution < -0.4 is 0 Å². The third-order valence-corrected chi connectivity index (χ3v) is 3.40. The van der Waals surface area contributed by atoms with Gasteiger partial charge in [0.2, 0.25) is 0 Å². The number of rotatable bonds is 3. The van der Waals surface area contributed by atoms with Gasteiger partial charge in [0.25, 0.3) is 0 Å². The molecule has 3 heteroatoms. The lowest BCUT2D eigenvalue weighted by atomic mass is 9.96. The first-order valence-corrected chi connectivity index (χ1v) is 6.05. The fourth-order valence-corrected chi connectivity index (χ4v) is 2.15. The van der Waals surface area contributed by atoms with E-state index >= 15 is 0 Å². The van der Waals surface area contributed by atoms with Crippen molar-refractivity contribution in [2.45, 2.75) is 18.9 Å². The Labute approximate surface area is 98.4 Å². The summed E-state index contributed by atoms with van der Waals surface area (Å²) in [4.78, 5) is 0. The van der Waals surface area contributed by atoms with Crippen LogP contribution in [0.2, 0.25) is 0 Å². The summed E-state index contributed by atoms with van der Waals surface area (Å²) in [5.74, 6) is 0.314. The molecule has 2 nitrogen and oxygen atoms in total. The van der Waals surface area contributed by atoms with Crippen molar-refractivity contribution in [2.24, 2.45) is 5.92 Å². The monoisotopic (exact) mass is 270 g/mol. The summed E-state index contributed by atoms with van der Waals surface area (Å²) in [5.41, 5.74) is 1.18. The summed E-state index contributed by atoms with van der Waals surface area (Å²) >= 11 is 3.40. The van der Waals surface area contributed by atoms with E-state index in [1.54, 1.807) is 0 Å². The van der Waals surface area contributed by atoms with Crippen LogP contribution in [0.1, 0.15) is 12.0 Å². The summed E-state index contributed by atoms with van der Waals surface area (Å²) in [7, 11) is 0. The van der Waals surface area contributed by atoms with Gasteiger partial charge in [0.15, 0.2) is 0 Å². The highest BCUT2D eigenvalue weighted by Crippen LogP contribution is 2.20. The summed E-state index contributed by atoms with van der Waals surface area (Å²) in [5, 5.41) is 9.98. The Hall–Kier alpha value is -0.380. The Morgan fingerprint density at radius 2 is 2.13 bits per heavy atom. The van der Waals surface area contributed by atoms with Gasteiger partial charge in [0, 0.05) is 17.0 Å². The van der Waals surface area contributed by atoms with Crippen LogP contribution in [0.15, 0.2) is 28.7 Å². The third kappa shape index (κ3) is 3.03. The van der Waals surface area contributed by atoms with Crippen LogP contribution in [0.25, 0.3) is 0 Å². The zero-order valence-corrected chi connectivity index (χ0v) is 10.1. The zero-order chi connectivity index (χ0) is 10.7. The molecule has 0 spiro atoms. The Balaban J connectivity index is 1.92. The Morgan fingerprint density at radius 1 is 1.40 bits per heavy atom. The van der Waals surface area contributed by atoms with Crippen molar-refractivity contribution in [1.29, 1.82) is 0 Å². The molecule has 1 heterocycles. The van der Waals surface area contributed by atoms with Crippen LogP contribution >= 0.6 is 15.9 Å². The summed E-state index contributed by atoms with van der Waals surface area (Å²) in [6.45, 7) is 1.50. The molecular weight excluding hydrogens is 256 g/mol. The van der Waals surface area contributed by atoms with E-state index in [0.717, 1.165) is 23.9 Å². The fourth-order valence-electron chi connectivity index (χ4n) is 1.88. The van der Waals surface area contributed by atoms with Gasteiger partial charge in [-0.2, -0.15) is 0 Å². The SMILES string of the molecule is OC(Cc1ccc(Br)cc1)C1CCOC1. The van der Waals surface area contributed by atoms with Crippen molar-refractivity contribution in [3.63, 3.8) is 0 Å². The summed E-state index contributed by atoms with van der Waals surface area (Å²) < 4.78 is 6.34. The molecule has 2 rings (SSSR count). The number of hydrogen-bond acceptors (Lipinski definition) is 2. The number of aliphatic hydroxyl groups is 1. The van der Waals surface area contributed by atoms with E-state index < -0.39 is 0 Å². The molecule has 1 saturated heterocycles. The first-order valence-electron chi connectivity index (χ1n) is 5.26. The molecule has 0 amide bonds. The summed E-state index contributed by atoms with van der Waals surface area (Å²) in [6, 6.07) is 8.10. The molecule has 15 heavy (non-hydrogen) atoms. The first kappa shape index (κ1) is 11.1. The molecule has 0 saturated carbocycles. The van der Waals surface area contributed by atoms with Crippen molar-refractivity contribution in [3.8, 4) is 0 Å². The molecule has 2 unspecified atom stereocenters. The van der Waals surface area contributed by atoms with E-state index in [2.05, 4.69) is 15.9 Å². The molecule has 1 aliphatic heterocycles. The van der Waals surface area contributed by atoms with Gasteiger partial charge in [0.1, 0.15) is 0 Å². The maximum atomic E-state index is 9.98. The average molecular weight is 271 g/mol. The highest BCUT2D eigenvalue weighted by atomic mass is 79.9. The van der Waals surface area contributed by atoms with Gasteiger partial charge >= 0.3 is 0 Å². The van der Waals surface area contributed by atoms with Gasteiger partial charge in [-0.1, -0.05) is 28.1 Å². The molecule has 1 fully saturated rings. The number of hydrogen-bond donors (Lipinski definition) is 1. The molecule has 1 aromatic rings. The molecular formula is C12H15BrO2. The predicted octanol–water partition coefficient (Wildman–Crippen LogP) is 2.39. The van der Waals surface area contributed by atoms with Crippen molar-refractivity contribution in [3.05, 3.63) is 34.3 Å². The molecule has 0 aromatic heterocycles. The van der Waals surface area contributed by atoms with E-state index in [1.807, 2.05) is 24.3 Å². The van der Waals surface area contributed by atoms with E-state index in [-0.39, 0.29) is 6.10 Å². The molecule has 82 valence electrons. The van der Waals surface area contributed by atoms with E-state index in [9.17, 15) is 5.11 Å². The van der Waals surface area contributed by atoms with Crippen LogP contribution in [0.3, 0.4) is 0 Å². The van der Waals surface area contributed by atoms with E-state index in [4.69, 9.17) is 4.74 Å². The molecule has 1 aliphatic rings. The Bertz CT molecular complexity index is 304. The lowest BCUT2D eigenvalue weighted by Crippen LogP contribution is -2.22. The third-order valence-electron chi connectivity index (χ3n) is 2.87. The number of ether oxygens (including phenoxy) is 1. The second-order valence-electron chi connectivity index (χ2n) is 4.02. The van der Waals surface area contributed by atoms with Crippen LogP contribution in [-0.2, 0) is 11.2 Å². The van der Waals surface area contributed by atoms with Gasteiger partial charge in [0.05, 0.1) is 12.7 Å². The lowest BCUT2D eigenvalue weighted by molar-refractivity contribution is 0.0919. The van der Waals surface area contributed by atoms with Gasteiger partial charge in [-0.25, -0.2) is 0 Å². The highest BCUT2D eigenvalue weighted by molar-refractivity contribution is 9.10. The molecule has 1 aromatic carbocycles. The van der Waals surface area contributed by atoms with Crippen LogP contribution in [-0.4, -0.2) is 24.4 Å². The maximum Gasteiger partial charge on any atom is 0.0631 e. The Morgan fingerprint density at radius 3 is 2.73 bits per heavy atom. The van der Waals surface area contributed by atoms with Crippen molar-refractivity contribution in [1.82, 2.24) is 0 Å². The van der Waals surface area contributed by atoms with Gasteiger partial charge < -0.3 is 9.84 Å². The minimum Gasteiger partial charge on any atom is -0.392 e. The smallest absolute Gasteiger partial charge is 0.0631 e. The number of aliphatic hydroxyl groups excluding tert-OH is 1. The van der Waals surface area contributed by atoms with Crippen molar-refractivity contribution >= 4 is 15.9 Å². The maximum absolute atomic E-state index is 9.98. The first-order chi connectivity index (χ1) is 7.25. The quantitative estimate of drug-likeness (QED) is 0.914. The van der Waals surface area contributed by atoms with Gasteiger partial charge in [-0.05, 0) is 30.5 Å². The molecule has 1 N–H and O–H groups in total. The van der Waals surface area contributed by atoms with Gasteiger partial charge in [-0.15, -0.1) is 0 Å². The van der Waals surface area contributed by atoms with Crippen molar-refractivity contribution in [2.75, 3.05) is 13.2 Å². The standard InChI is InChI=1S/C12H15BrO2/c13-11-3-1-9(2-4-11)7-12(14)10-5-6-15-8-10/h1-4,10,12,14H,5-8H2. The number of benzene rings is 1. The van der Waals surface area contributed by atoms with Crippen LogP contribution in [0.5, 0.6) is 0 Å². The fraction of sp³-hybridized carbons (Fsp3) is 0.500. The molecule has 0 bridgehead atoms. The summed E-state index contributed by atoms with van der Waals surface area (Å²) in [6.07, 6.45) is 1.44. The van der Waals surface area contributed by atoms with Crippen LogP contribution in [0, 0.1) is 5.92 Å². The molecule has 2 atom stereocenters. The average Bonchev–Trinajstić information content (AvgIpc) is 2.74. The second-order valence-corrected chi connectivity index (χ2v) is 4.94. The van der Waals surface area contributed by atoms with E-state index in [1.165, 1.54) is 5.56 Å². The largest absolute Gasteiger partial charge is 0.392 e. The molecule has 0 aliphatic carbocycles. The normalized spacial score (nSPS) is 22.9. The minimum absolute atomic E-state index is 0.270. The number of halogens is 1. The minimum atomic E-state index is -0.270. The second kappa shape index (κ2) is 5.10. The predicted molar refractivity (Wildman–Crippen MR) is 62.8 cm³/mol. The van der Waals surface area contributed by atoms with Crippen LogP contribution in [0.4, 0.5) is 0 Å². The van der Waals surface area contributed by atoms with Crippen molar-refractivity contribution < 1.29 is 9.84 Å². The highest BCUT2D eigenvalue weighted by Gasteiger charge is 2.23. The zero-order valence-electron chi connectivity index (χ0n) is 8.53. The topological polar surface area (TPSA) is 29.5 Å². The lowest BCUT2D eigenvalue weighted by Gasteiger charge is -2.16.